The van der Waals surface area contributed by atoms with Crippen LogP contribution in [0.25, 0.3) is 0 Å². The topological polar surface area (TPSA) is 83.7 Å². The maximum absolute atomic E-state index is 11.7. The quantitative estimate of drug-likeness (QED) is 0.242. The van der Waals surface area contributed by atoms with Crippen molar-refractivity contribution in [2.75, 3.05) is 13.7 Å². The van der Waals surface area contributed by atoms with Crippen LogP contribution in [0.2, 0.25) is 0 Å². The van der Waals surface area contributed by atoms with Crippen molar-refractivity contribution >= 4 is 27.5 Å². The summed E-state index contributed by atoms with van der Waals surface area (Å²) in [6, 6.07) is 4.93. The Hall–Kier alpha value is -1.73. The molecule has 1 aliphatic rings. The van der Waals surface area contributed by atoms with Crippen molar-refractivity contribution in [2.24, 2.45) is 0 Å². The zero-order valence-corrected chi connectivity index (χ0v) is 18.8. The molecule has 7 heteroatoms. The molecule has 1 aromatic rings. The molecule has 1 N–H and O–H groups in total. The van der Waals surface area contributed by atoms with Crippen LogP contribution in [0.15, 0.2) is 23.1 Å². The molecule has 0 aliphatic carbocycles. The summed E-state index contributed by atoms with van der Waals surface area (Å²) in [5.41, 5.74) is 2.90. The van der Waals surface area contributed by atoms with Gasteiger partial charge in [-0.25, -0.2) is 0 Å². The van der Waals surface area contributed by atoms with Gasteiger partial charge in [0.05, 0.1) is 17.4 Å². The molecule has 1 aliphatic heterocycles. The van der Waals surface area contributed by atoms with E-state index in [0.717, 1.165) is 62.7 Å². The lowest BCUT2D eigenvalue weighted by Gasteiger charge is -2.22. The van der Waals surface area contributed by atoms with Crippen LogP contribution < -0.4 is 0 Å². The Kier molecular flexibility index (Phi) is 8.00. The molecular formula is C22H34NO5S+. The van der Waals surface area contributed by atoms with Crippen LogP contribution in [0.1, 0.15) is 77.7 Å². The second-order valence-corrected chi connectivity index (χ2v) is 9.49. The molecule has 1 atom stereocenters. The Bertz CT molecular complexity index is 875. The second kappa shape index (κ2) is 9.85. The molecule has 6 nitrogen and oxygen atoms in total. The molecule has 162 valence electrons. The fourth-order valence-corrected chi connectivity index (χ4v) is 4.68. The maximum Gasteiger partial charge on any atom is 0.305 e. The van der Waals surface area contributed by atoms with Gasteiger partial charge in [0.15, 0.2) is 5.71 Å². The lowest BCUT2D eigenvalue weighted by molar-refractivity contribution is -0.439. The Morgan fingerprint density at radius 2 is 1.90 bits per heavy atom. The Labute approximate surface area is 174 Å². The predicted molar refractivity (Wildman–Crippen MR) is 114 cm³/mol. The standard InChI is InChI=1S/C22H33NO5S/c1-5-6-10-15-23-17(2)22(3,14-9-7-8-11-21(24)28-4)19-16-18(29(25,26)27)12-13-20(19)23/h12-13,16H,5-11,14-15H2,1-4H3/p+1. The number of unbranched alkanes of at least 4 members (excludes halogenated alkanes) is 4. The van der Waals surface area contributed by atoms with Crippen LogP contribution in [0.4, 0.5) is 5.69 Å². The van der Waals surface area contributed by atoms with E-state index in [9.17, 15) is 17.8 Å². The molecule has 1 heterocycles. The van der Waals surface area contributed by atoms with Crippen LogP contribution in [-0.2, 0) is 25.1 Å². The summed E-state index contributed by atoms with van der Waals surface area (Å²) in [5, 5.41) is 0. The first-order valence-electron chi connectivity index (χ1n) is 10.5. The highest BCUT2D eigenvalue weighted by Crippen LogP contribution is 2.44. The summed E-state index contributed by atoms with van der Waals surface area (Å²) >= 11 is 0. The predicted octanol–water partition coefficient (Wildman–Crippen LogP) is 4.62. The Morgan fingerprint density at radius 3 is 2.52 bits per heavy atom. The van der Waals surface area contributed by atoms with E-state index in [-0.39, 0.29) is 16.3 Å². The molecule has 0 bridgehead atoms. The van der Waals surface area contributed by atoms with Gasteiger partial charge < -0.3 is 4.74 Å². The molecule has 0 spiro atoms. The van der Waals surface area contributed by atoms with E-state index in [0.29, 0.717) is 6.42 Å². The van der Waals surface area contributed by atoms with Gasteiger partial charge in [-0.2, -0.15) is 13.0 Å². The van der Waals surface area contributed by atoms with E-state index in [1.54, 1.807) is 6.07 Å². The largest absolute Gasteiger partial charge is 0.469 e. The minimum absolute atomic E-state index is 0.0589. The Balaban J connectivity index is 2.27. The third kappa shape index (κ3) is 5.45. The van der Waals surface area contributed by atoms with E-state index in [1.165, 1.54) is 18.9 Å². The molecule has 2 rings (SSSR count). The van der Waals surface area contributed by atoms with Crippen molar-refractivity contribution in [1.82, 2.24) is 0 Å². The molecule has 0 saturated carbocycles. The van der Waals surface area contributed by atoms with Crippen molar-refractivity contribution in [1.29, 1.82) is 0 Å². The number of esters is 1. The fraction of sp³-hybridized carbons (Fsp3) is 0.636. The lowest BCUT2D eigenvalue weighted by atomic mass is 9.76. The van der Waals surface area contributed by atoms with Crippen molar-refractivity contribution in [3.8, 4) is 0 Å². The van der Waals surface area contributed by atoms with Crippen LogP contribution in [0.5, 0.6) is 0 Å². The zero-order valence-electron chi connectivity index (χ0n) is 18.0. The van der Waals surface area contributed by atoms with Gasteiger partial charge in [-0.3, -0.25) is 9.35 Å². The first-order valence-corrected chi connectivity index (χ1v) is 11.9. The van der Waals surface area contributed by atoms with E-state index in [1.807, 2.05) is 6.07 Å². The van der Waals surface area contributed by atoms with Gasteiger partial charge in [-0.15, -0.1) is 0 Å². The number of ether oxygens (including phenoxy) is 1. The van der Waals surface area contributed by atoms with Crippen LogP contribution in [-0.4, -0.2) is 42.9 Å². The maximum atomic E-state index is 11.7. The molecule has 0 fully saturated rings. The Morgan fingerprint density at radius 1 is 1.17 bits per heavy atom. The summed E-state index contributed by atoms with van der Waals surface area (Å²) in [4.78, 5) is 11.2. The molecule has 0 radical (unpaired) electrons. The van der Waals surface area contributed by atoms with Crippen LogP contribution >= 0.6 is 0 Å². The normalized spacial score (nSPS) is 18.8. The first-order chi connectivity index (χ1) is 13.6. The number of nitrogens with zero attached hydrogens (tertiary/aromatic N) is 1. The summed E-state index contributed by atoms with van der Waals surface area (Å²) in [6.07, 6.45) is 7.23. The minimum Gasteiger partial charge on any atom is -0.469 e. The number of carbonyl (C=O) groups excluding carboxylic acids is 1. The van der Waals surface area contributed by atoms with E-state index in [4.69, 9.17) is 0 Å². The SMILES string of the molecule is CCCCC[N+]1=C(C)C(C)(CCCCCC(=O)OC)c2cc(S(=O)(=O)O)ccc21. The number of benzene rings is 1. The molecule has 1 unspecified atom stereocenters. The zero-order chi connectivity index (χ0) is 21.7. The summed E-state index contributed by atoms with van der Waals surface area (Å²) in [6.45, 7) is 7.34. The number of hydrogen-bond acceptors (Lipinski definition) is 4. The fourth-order valence-electron chi connectivity index (χ4n) is 4.18. The smallest absolute Gasteiger partial charge is 0.305 e. The van der Waals surface area contributed by atoms with Crippen molar-refractivity contribution < 1.29 is 27.1 Å². The van der Waals surface area contributed by atoms with Crippen molar-refractivity contribution in [3.05, 3.63) is 23.8 Å². The second-order valence-electron chi connectivity index (χ2n) is 8.07. The van der Waals surface area contributed by atoms with Crippen LogP contribution in [0.3, 0.4) is 0 Å². The summed E-state index contributed by atoms with van der Waals surface area (Å²) < 4.78 is 39.9. The summed E-state index contributed by atoms with van der Waals surface area (Å²) in [5.74, 6) is -0.190. The highest BCUT2D eigenvalue weighted by atomic mass is 32.2. The summed E-state index contributed by atoms with van der Waals surface area (Å²) in [7, 11) is -2.85. The number of methoxy groups -OCH3 is 1. The molecular weight excluding hydrogens is 390 g/mol. The molecule has 0 saturated heterocycles. The average Bonchev–Trinajstić information content (AvgIpc) is 2.88. The van der Waals surface area contributed by atoms with E-state index >= 15 is 0 Å². The molecule has 1 aromatic carbocycles. The molecule has 0 amide bonds. The van der Waals surface area contributed by atoms with Gasteiger partial charge >= 0.3 is 5.97 Å². The number of carbonyl (C=O) groups is 1. The first kappa shape index (κ1) is 23.5. The minimum atomic E-state index is -4.25. The number of rotatable bonds is 11. The van der Waals surface area contributed by atoms with Gasteiger partial charge in [0.25, 0.3) is 10.1 Å². The van der Waals surface area contributed by atoms with Gasteiger partial charge in [0.2, 0.25) is 5.69 Å². The molecule has 0 aromatic heterocycles. The third-order valence-corrected chi connectivity index (χ3v) is 6.97. The van der Waals surface area contributed by atoms with Gasteiger partial charge in [0.1, 0.15) is 6.54 Å². The highest BCUT2D eigenvalue weighted by molar-refractivity contribution is 7.85. The highest BCUT2D eigenvalue weighted by Gasteiger charge is 2.46. The van der Waals surface area contributed by atoms with Gasteiger partial charge in [-0.1, -0.05) is 26.2 Å². The van der Waals surface area contributed by atoms with E-state index < -0.39 is 10.1 Å². The third-order valence-electron chi connectivity index (χ3n) is 6.13. The number of hydrogen-bond donors (Lipinski definition) is 1. The molecule has 29 heavy (non-hydrogen) atoms. The van der Waals surface area contributed by atoms with Crippen LogP contribution in [0, 0.1) is 0 Å². The monoisotopic (exact) mass is 424 g/mol. The van der Waals surface area contributed by atoms with Gasteiger partial charge in [0, 0.05) is 31.4 Å². The number of fused-ring (bicyclic) bond motifs is 1. The van der Waals surface area contributed by atoms with Gasteiger partial charge in [-0.05, 0) is 38.3 Å². The van der Waals surface area contributed by atoms with E-state index in [2.05, 4.69) is 30.1 Å². The average molecular weight is 425 g/mol. The lowest BCUT2D eigenvalue weighted by Crippen LogP contribution is -2.30. The van der Waals surface area contributed by atoms with Crippen molar-refractivity contribution in [2.45, 2.75) is 82.4 Å². The van der Waals surface area contributed by atoms with Crippen molar-refractivity contribution in [3.63, 3.8) is 0 Å².